The van der Waals surface area contributed by atoms with Crippen molar-refractivity contribution in [2.24, 2.45) is 5.92 Å². The standard InChI is InChI=1S/C12H16BrNO2/c1-8-3-4-14(6-11(8)13)12(15)10-5-9(2)16-7-10/h5,7-8,11H,3-4,6H2,1-2H3. The number of likely N-dealkylation sites (tertiary alicyclic amines) is 1. The van der Waals surface area contributed by atoms with Crippen LogP contribution >= 0.6 is 15.9 Å². The van der Waals surface area contributed by atoms with Gasteiger partial charge in [0.05, 0.1) is 5.56 Å². The van der Waals surface area contributed by atoms with E-state index in [1.165, 1.54) is 0 Å². The molecule has 4 heteroatoms. The van der Waals surface area contributed by atoms with Crippen molar-refractivity contribution in [1.82, 2.24) is 4.90 Å². The van der Waals surface area contributed by atoms with Gasteiger partial charge in [0.1, 0.15) is 12.0 Å². The highest BCUT2D eigenvalue weighted by atomic mass is 79.9. The molecule has 0 bridgehead atoms. The number of carbonyl (C=O) groups is 1. The van der Waals surface area contributed by atoms with Crippen molar-refractivity contribution in [3.05, 3.63) is 23.7 Å². The summed E-state index contributed by atoms with van der Waals surface area (Å²) < 4.78 is 5.17. The average molecular weight is 286 g/mol. The molecular formula is C12H16BrNO2. The zero-order valence-electron chi connectivity index (χ0n) is 9.57. The molecule has 1 saturated heterocycles. The number of halogens is 1. The quantitative estimate of drug-likeness (QED) is 0.744. The molecule has 0 N–H and O–H groups in total. The Morgan fingerprint density at radius 3 is 2.94 bits per heavy atom. The molecule has 0 aromatic carbocycles. The normalized spacial score (nSPS) is 25.8. The van der Waals surface area contributed by atoms with Crippen LogP contribution in [-0.2, 0) is 0 Å². The Kier molecular flexibility index (Phi) is 3.38. The van der Waals surface area contributed by atoms with E-state index >= 15 is 0 Å². The van der Waals surface area contributed by atoms with Crippen LogP contribution in [0.3, 0.4) is 0 Å². The molecule has 0 saturated carbocycles. The maximum Gasteiger partial charge on any atom is 0.257 e. The molecule has 2 atom stereocenters. The van der Waals surface area contributed by atoms with E-state index in [1.54, 1.807) is 12.3 Å². The van der Waals surface area contributed by atoms with Gasteiger partial charge in [-0.2, -0.15) is 0 Å². The summed E-state index contributed by atoms with van der Waals surface area (Å²) in [5.74, 6) is 1.49. The first-order valence-electron chi connectivity index (χ1n) is 5.56. The van der Waals surface area contributed by atoms with Crippen LogP contribution in [0.2, 0.25) is 0 Å². The predicted octanol–water partition coefficient (Wildman–Crippen LogP) is 2.83. The number of amides is 1. The molecule has 0 spiro atoms. The Morgan fingerprint density at radius 1 is 1.62 bits per heavy atom. The molecule has 2 unspecified atom stereocenters. The lowest BCUT2D eigenvalue weighted by molar-refractivity contribution is 0.0705. The largest absolute Gasteiger partial charge is 0.469 e. The van der Waals surface area contributed by atoms with E-state index in [0.29, 0.717) is 16.3 Å². The zero-order chi connectivity index (χ0) is 11.7. The fourth-order valence-corrected chi connectivity index (χ4v) is 2.56. The monoisotopic (exact) mass is 285 g/mol. The molecule has 88 valence electrons. The molecule has 2 rings (SSSR count). The Labute approximate surface area is 104 Å². The average Bonchev–Trinajstić information content (AvgIpc) is 2.68. The van der Waals surface area contributed by atoms with Crippen LogP contribution in [0.25, 0.3) is 0 Å². The first-order chi connectivity index (χ1) is 7.58. The molecule has 1 aromatic heterocycles. The number of nitrogens with zero attached hydrogens (tertiary/aromatic N) is 1. The van der Waals surface area contributed by atoms with Gasteiger partial charge in [0, 0.05) is 17.9 Å². The molecule has 2 heterocycles. The second kappa shape index (κ2) is 4.62. The molecule has 1 aliphatic heterocycles. The van der Waals surface area contributed by atoms with E-state index in [9.17, 15) is 4.79 Å². The lowest BCUT2D eigenvalue weighted by Gasteiger charge is -2.34. The van der Waals surface area contributed by atoms with Gasteiger partial charge in [0.2, 0.25) is 0 Å². The molecule has 0 aliphatic carbocycles. The summed E-state index contributed by atoms with van der Waals surface area (Å²) in [7, 11) is 0. The SMILES string of the molecule is Cc1cc(C(=O)N2CCC(C)C(Br)C2)co1. The van der Waals surface area contributed by atoms with Crippen molar-refractivity contribution < 1.29 is 9.21 Å². The minimum atomic E-state index is 0.0770. The topological polar surface area (TPSA) is 33.5 Å². The maximum absolute atomic E-state index is 12.1. The van der Waals surface area contributed by atoms with Gasteiger partial charge < -0.3 is 9.32 Å². The van der Waals surface area contributed by atoms with Crippen molar-refractivity contribution >= 4 is 21.8 Å². The van der Waals surface area contributed by atoms with E-state index in [-0.39, 0.29) is 5.91 Å². The first kappa shape index (κ1) is 11.7. The van der Waals surface area contributed by atoms with Gasteiger partial charge in [-0.15, -0.1) is 0 Å². The Morgan fingerprint density at radius 2 is 2.38 bits per heavy atom. The number of aryl methyl sites for hydroxylation is 1. The summed E-state index contributed by atoms with van der Waals surface area (Å²) in [6, 6.07) is 1.80. The van der Waals surface area contributed by atoms with Crippen LogP contribution in [0, 0.1) is 12.8 Å². The van der Waals surface area contributed by atoms with Crippen LogP contribution in [0.15, 0.2) is 16.7 Å². The number of furan rings is 1. The molecule has 1 amide bonds. The minimum Gasteiger partial charge on any atom is -0.469 e. The Balaban J connectivity index is 2.06. The maximum atomic E-state index is 12.1. The highest BCUT2D eigenvalue weighted by molar-refractivity contribution is 9.09. The van der Waals surface area contributed by atoms with E-state index in [4.69, 9.17) is 4.42 Å². The fraction of sp³-hybridized carbons (Fsp3) is 0.583. The van der Waals surface area contributed by atoms with Crippen molar-refractivity contribution in [3.8, 4) is 0 Å². The van der Waals surface area contributed by atoms with Gasteiger partial charge in [-0.3, -0.25) is 4.79 Å². The smallest absolute Gasteiger partial charge is 0.257 e. The predicted molar refractivity (Wildman–Crippen MR) is 65.8 cm³/mol. The van der Waals surface area contributed by atoms with Crippen LogP contribution in [0.4, 0.5) is 0 Å². The van der Waals surface area contributed by atoms with Crippen molar-refractivity contribution in [2.75, 3.05) is 13.1 Å². The van der Waals surface area contributed by atoms with Crippen molar-refractivity contribution in [3.63, 3.8) is 0 Å². The second-order valence-corrected chi connectivity index (χ2v) is 5.66. The summed E-state index contributed by atoms with van der Waals surface area (Å²) in [5, 5.41) is 0. The number of rotatable bonds is 1. The Bertz CT molecular complexity index is 388. The van der Waals surface area contributed by atoms with Crippen LogP contribution in [0.1, 0.15) is 29.5 Å². The van der Waals surface area contributed by atoms with E-state index in [0.717, 1.165) is 25.3 Å². The molecule has 1 aliphatic rings. The molecule has 0 radical (unpaired) electrons. The third kappa shape index (κ3) is 2.32. The fourth-order valence-electron chi connectivity index (χ4n) is 1.94. The lowest BCUT2D eigenvalue weighted by atomic mass is 9.98. The summed E-state index contributed by atoms with van der Waals surface area (Å²) in [4.78, 5) is 14.4. The second-order valence-electron chi connectivity index (χ2n) is 4.48. The highest BCUT2D eigenvalue weighted by Crippen LogP contribution is 2.24. The highest BCUT2D eigenvalue weighted by Gasteiger charge is 2.28. The Hall–Kier alpha value is -0.770. The van der Waals surface area contributed by atoms with Crippen LogP contribution in [0.5, 0.6) is 0 Å². The molecule has 3 nitrogen and oxygen atoms in total. The van der Waals surface area contributed by atoms with E-state index in [1.807, 2.05) is 11.8 Å². The van der Waals surface area contributed by atoms with Gasteiger partial charge in [-0.1, -0.05) is 22.9 Å². The third-order valence-electron chi connectivity index (χ3n) is 3.13. The minimum absolute atomic E-state index is 0.0770. The number of hydrogen-bond donors (Lipinski definition) is 0. The van der Waals surface area contributed by atoms with Gasteiger partial charge in [-0.05, 0) is 25.3 Å². The van der Waals surface area contributed by atoms with Gasteiger partial charge >= 0.3 is 0 Å². The third-order valence-corrected chi connectivity index (χ3v) is 4.32. The molecule has 1 aromatic rings. The molecule has 16 heavy (non-hydrogen) atoms. The summed E-state index contributed by atoms with van der Waals surface area (Å²) >= 11 is 3.62. The number of carbonyl (C=O) groups excluding carboxylic acids is 1. The molecule has 1 fully saturated rings. The zero-order valence-corrected chi connectivity index (χ0v) is 11.2. The van der Waals surface area contributed by atoms with Crippen molar-refractivity contribution in [2.45, 2.75) is 25.1 Å². The van der Waals surface area contributed by atoms with E-state index in [2.05, 4.69) is 22.9 Å². The first-order valence-corrected chi connectivity index (χ1v) is 6.48. The van der Waals surface area contributed by atoms with Crippen LogP contribution in [-0.4, -0.2) is 28.7 Å². The van der Waals surface area contributed by atoms with E-state index < -0.39 is 0 Å². The number of hydrogen-bond acceptors (Lipinski definition) is 2. The summed E-state index contributed by atoms with van der Waals surface area (Å²) in [6.45, 7) is 5.68. The molecular weight excluding hydrogens is 270 g/mol. The van der Waals surface area contributed by atoms with Crippen molar-refractivity contribution in [1.29, 1.82) is 0 Å². The summed E-state index contributed by atoms with van der Waals surface area (Å²) in [5.41, 5.74) is 0.659. The van der Waals surface area contributed by atoms with Crippen LogP contribution < -0.4 is 0 Å². The van der Waals surface area contributed by atoms with Gasteiger partial charge in [0.15, 0.2) is 0 Å². The summed E-state index contributed by atoms with van der Waals surface area (Å²) in [6.07, 6.45) is 2.59. The van der Waals surface area contributed by atoms with Gasteiger partial charge in [-0.25, -0.2) is 0 Å². The van der Waals surface area contributed by atoms with Gasteiger partial charge in [0.25, 0.3) is 5.91 Å². The number of alkyl halides is 1. The number of piperidine rings is 1. The lowest BCUT2D eigenvalue weighted by Crippen LogP contribution is -2.43.